The molecule has 1 unspecified atom stereocenters. The van der Waals surface area contributed by atoms with Gasteiger partial charge in [0.2, 0.25) is 0 Å². The van der Waals surface area contributed by atoms with Gasteiger partial charge in [-0.05, 0) is 128 Å². The van der Waals surface area contributed by atoms with Crippen LogP contribution in [0.25, 0.3) is 0 Å². The molecule has 0 aliphatic carbocycles. The van der Waals surface area contributed by atoms with Crippen molar-refractivity contribution in [3.05, 3.63) is 158 Å². The summed E-state index contributed by atoms with van der Waals surface area (Å²) in [6, 6.07) is 0. The molecule has 0 bridgehead atoms. The first-order chi connectivity index (χ1) is 40.0. The summed E-state index contributed by atoms with van der Waals surface area (Å²) in [6.45, 7) is 6.37. The van der Waals surface area contributed by atoms with Crippen molar-refractivity contribution >= 4 is 17.9 Å². The van der Waals surface area contributed by atoms with E-state index >= 15 is 0 Å². The normalized spacial score (nSPS) is 13.2. The summed E-state index contributed by atoms with van der Waals surface area (Å²) in [5.41, 5.74) is 0. The van der Waals surface area contributed by atoms with Gasteiger partial charge in [-0.2, -0.15) is 0 Å². The number of carbonyl (C=O) groups is 3. The summed E-state index contributed by atoms with van der Waals surface area (Å²) in [4.78, 5) is 38.2. The van der Waals surface area contributed by atoms with Crippen LogP contribution in [0.5, 0.6) is 0 Å². The fourth-order valence-corrected chi connectivity index (χ4v) is 8.66. The van der Waals surface area contributed by atoms with Gasteiger partial charge >= 0.3 is 17.9 Å². The zero-order valence-electron chi connectivity index (χ0n) is 52.2. The number of ether oxygens (including phenoxy) is 3. The van der Waals surface area contributed by atoms with Crippen molar-refractivity contribution in [2.75, 3.05) is 13.2 Å². The maximum absolute atomic E-state index is 12.9. The maximum Gasteiger partial charge on any atom is 0.306 e. The first-order valence-electron chi connectivity index (χ1n) is 33.0. The molecule has 6 heteroatoms. The van der Waals surface area contributed by atoms with Crippen molar-refractivity contribution in [3.8, 4) is 0 Å². The highest BCUT2D eigenvalue weighted by Crippen LogP contribution is 2.15. The molecule has 0 spiro atoms. The number of rotatable bonds is 58. The van der Waals surface area contributed by atoms with Crippen LogP contribution in [-0.2, 0) is 28.6 Å². The monoisotopic (exact) mass is 1120 g/mol. The summed E-state index contributed by atoms with van der Waals surface area (Å²) in [5.74, 6) is -0.955. The van der Waals surface area contributed by atoms with Crippen LogP contribution >= 0.6 is 0 Å². The van der Waals surface area contributed by atoms with Crippen molar-refractivity contribution in [1.29, 1.82) is 0 Å². The number of unbranched alkanes of at least 4 members (excludes halogenated alkanes) is 21. The summed E-state index contributed by atoms with van der Waals surface area (Å²) >= 11 is 0. The molecule has 0 saturated carbocycles. The van der Waals surface area contributed by atoms with E-state index in [-0.39, 0.29) is 37.5 Å². The molecular weight excluding hydrogens is 997 g/mol. The average molecular weight is 1120 g/mol. The number of carbonyl (C=O) groups excluding carboxylic acids is 3. The molecule has 0 amide bonds. The highest BCUT2D eigenvalue weighted by Gasteiger charge is 2.19. The molecular formula is C75H120O6. The van der Waals surface area contributed by atoms with Crippen molar-refractivity contribution < 1.29 is 28.6 Å². The summed E-state index contributed by atoms with van der Waals surface area (Å²) in [6.07, 6.45) is 98.3. The molecule has 0 aromatic heterocycles. The van der Waals surface area contributed by atoms with Crippen molar-refractivity contribution in [3.63, 3.8) is 0 Å². The lowest BCUT2D eigenvalue weighted by Gasteiger charge is -2.18. The van der Waals surface area contributed by atoms with E-state index in [2.05, 4.69) is 179 Å². The molecule has 0 aromatic rings. The molecule has 0 saturated heterocycles. The number of allylic oxidation sites excluding steroid dienone is 26. The zero-order chi connectivity index (χ0) is 58.5. The molecule has 0 rings (SSSR count). The van der Waals surface area contributed by atoms with Crippen LogP contribution < -0.4 is 0 Å². The van der Waals surface area contributed by atoms with E-state index in [1.165, 1.54) is 89.9 Å². The molecule has 456 valence electrons. The number of hydrogen-bond donors (Lipinski definition) is 0. The Hall–Kier alpha value is -4.97. The highest BCUT2D eigenvalue weighted by atomic mass is 16.6. The molecule has 0 heterocycles. The van der Waals surface area contributed by atoms with Gasteiger partial charge in [-0.15, -0.1) is 0 Å². The van der Waals surface area contributed by atoms with Crippen LogP contribution in [0.1, 0.15) is 278 Å². The van der Waals surface area contributed by atoms with Gasteiger partial charge in [-0.1, -0.05) is 288 Å². The lowest BCUT2D eigenvalue weighted by molar-refractivity contribution is -0.167. The Labute approximate surface area is 499 Å². The third-order valence-electron chi connectivity index (χ3n) is 13.5. The third-order valence-corrected chi connectivity index (χ3v) is 13.5. The van der Waals surface area contributed by atoms with Crippen LogP contribution in [0.4, 0.5) is 0 Å². The minimum Gasteiger partial charge on any atom is -0.462 e. The topological polar surface area (TPSA) is 78.9 Å². The number of hydrogen-bond acceptors (Lipinski definition) is 6. The molecule has 0 aliphatic rings. The number of esters is 3. The molecule has 6 nitrogen and oxygen atoms in total. The Bertz CT molecular complexity index is 1810. The first-order valence-corrected chi connectivity index (χ1v) is 33.0. The first kappa shape index (κ1) is 76.0. The summed E-state index contributed by atoms with van der Waals surface area (Å²) < 4.78 is 16.9. The molecule has 0 fully saturated rings. The van der Waals surface area contributed by atoms with Gasteiger partial charge in [0.05, 0.1) is 0 Å². The van der Waals surface area contributed by atoms with Gasteiger partial charge in [0, 0.05) is 19.3 Å². The van der Waals surface area contributed by atoms with E-state index in [0.717, 1.165) is 141 Å². The summed E-state index contributed by atoms with van der Waals surface area (Å²) in [5, 5.41) is 0. The molecule has 0 aliphatic heterocycles. The Morgan fingerprint density at radius 2 is 0.481 bits per heavy atom. The standard InChI is InChI=1S/C75H120O6/c1-4-7-10-13-16-19-22-25-27-28-29-30-31-32-33-34-35-36-37-38-39-40-41-42-43-44-45-46-48-50-53-56-59-62-65-68-74(77)80-71-72(70-79-73(76)67-64-61-58-55-52-49-24-21-18-15-12-9-6-3)81-75(78)69-66-63-60-57-54-51-47-26-23-20-17-14-11-8-5-2/h7-8,10-11,16-17,19-20,25-27,29-30,32-33,35-36,38-39,41-42,44-45,47,54,57,72H,4-6,9,12-15,18,21-24,28,31,34,37,40,43,46,48-53,55-56,58-71H2,1-3H3/b10-7-,11-8-,19-16-,20-17-,27-25-,30-29-,33-32-,36-35-,39-38-,42-41-,45-44-,47-26-,57-54-. The van der Waals surface area contributed by atoms with E-state index in [9.17, 15) is 14.4 Å². The second-order valence-electron chi connectivity index (χ2n) is 21.3. The van der Waals surface area contributed by atoms with Gasteiger partial charge in [0.15, 0.2) is 6.10 Å². The second-order valence-corrected chi connectivity index (χ2v) is 21.3. The lowest BCUT2D eigenvalue weighted by Crippen LogP contribution is -2.30. The van der Waals surface area contributed by atoms with Crippen LogP contribution in [-0.4, -0.2) is 37.2 Å². The predicted octanol–water partition coefficient (Wildman–Crippen LogP) is 22.9. The van der Waals surface area contributed by atoms with E-state index in [1.807, 2.05) is 0 Å². The maximum atomic E-state index is 12.9. The van der Waals surface area contributed by atoms with Crippen molar-refractivity contribution in [2.45, 2.75) is 284 Å². The Balaban J connectivity index is 4.30. The fraction of sp³-hybridized carbons (Fsp3) is 0.613. The van der Waals surface area contributed by atoms with Gasteiger partial charge in [0.25, 0.3) is 0 Å². The smallest absolute Gasteiger partial charge is 0.306 e. The molecule has 81 heavy (non-hydrogen) atoms. The van der Waals surface area contributed by atoms with Crippen LogP contribution in [0.2, 0.25) is 0 Å². The molecule has 1 atom stereocenters. The van der Waals surface area contributed by atoms with E-state index < -0.39 is 6.10 Å². The third kappa shape index (κ3) is 65.7. The largest absolute Gasteiger partial charge is 0.462 e. The minimum atomic E-state index is -0.810. The highest BCUT2D eigenvalue weighted by molar-refractivity contribution is 5.71. The van der Waals surface area contributed by atoms with Gasteiger partial charge in [0.1, 0.15) is 13.2 Å². The van der Waals surface area contributed by atoms with Gasteiger partial charge < -0.3 is 14.2 Å². The fourth-order valence-electron chi connectivity index (χ4n) is 8.66. The Kier molecular flexibility index (Phi) is 63.4. The van der Waals surface area contributed by atoms with E-state index in [1.54, 1.807) is 0 Å². The quantitative estimate of drug-likeness (QED) is 0.0261. The Morgan fingerprint density at radius 3 is 0.778 bits per heavy atom. The zero-order valence-corrected chi connectivity index (χ0v) is 52.2. The minimum absolute atomic E-state index is 0.101. The molecule has 0 radical (unpaired) electrons. The van der Waals surface area contributed by atoms with Crippen LogP contribution in [0.15, 0.2) is 158 Å². The molecule has 0 aromatic carbocycles. The Morgan fingerprint density at radius 1 is 0.259 bits per heavy atom. The van der Waals surface area contributed by atoms with E-state index in [4.69, 9.17) is 14.2 Å². The molecule has 0 N–H and O–H groups in total. The summed E-state index contributed by atoms with van der Waals surface area (Å²) in [7, 11) is 0. The van der Waals surface area contributed by atoms with Gasteiger partial charge in [-0.25, -0.2) is 0 Å². The van der Waals surface area contributed by atoms with E-state index in [0.29, 0.717) is 19.3 Å². The SMILES string of the molecule is CC/C=C\C/C=C\C/C=C\C/C=C\C/C=C\C/C=C\C/C=C\C/C=C\C/C=C\CCCCCCCCCC(=O)OCC(COC(=O)CCCCCCCCCCCCCCC)OC(=O)CCCC/C=C\C/C=C\C/C=C\C/C=C\CC. The van der Waals surface area contributed by atoms with Gasteiger partial charge in [-0.3, -0.25) is 14.4 Å². The van der Waals surface area contributed by atoms with Crippen LogP contribution in [0, 0.1) is 0 Å². The van der Waals surface area contributed by atoms with Crippen molar-refractivity contribution in [1.82, 2.24) is 0 Å². The van der Waals surface area contributed by atoms with Crippen LogP contribution in [0.3, 0.4) is 0 Å². The lowest BCUT2D eigenvalue weighted by atomic mass is 10.0. The predicted molar refractivity (Wildman–Crippen MR) is 352 cm³/mol. The van der Waals surface area contributed by atoms with Crippen molar-refractivity contribution in [2.24, 2.45) is 0 Å². The average Bonchev–Trinajstić information content (AvgIpc) is 3.46. The second kappa shape index (κ2) is 67.5.